The fourth-order valence-electron chi connectivity index (χ4n) is 1.13. The van der Waals surface area contributed by atoms with Crippen LogP contribution >= 0.6 is 0 Å². The fourth-order valence-corrected chi connectivity index (χ4v) is 1.13. The number of allylic oxidation sites excluding steroid dienone is 1. The van der Waals surface area contributed by atoms with E-state index in [2.05, 4.69) is 0 Å². The smallest absolute Gasteiger partial charge is 0.341 e. The normalized spacial score (nSPS) is 17.2. The van der Waals surface area contributed by atoms with Gasteiger partial charge in [0.25, 0.3) is 0 Å². The minimum atomic E-state index is -0.527. The van der Waals surface area contributed by atoms with Gasteiger partial charge in [0.1, 0.15) is 5.60 Å². The van der Waals surface area contributed by atoms with Gasteiger partial charge in [-0.15, -0.1) is 0 Å². The van der Waals surface area contributed by atoms with E-state index < -0.39 is 11.6 Å². The van der Waals surface area contributed by atoms with E-state index in [0.717, 1.165) is 0 Å². The lowest BCUT2D eigenvalue weighted by molar-refractivity contribution is -0.150. The zero-order valence-electron chi connectivity index (χ0n) is 8.22. The molecule has 0 amide bonds. The summed E-state index contributed by atoms with van der Waals surface area (Å²) in [7, 11) is 0. The van der Waals surface area contributed by atoms with Gasteiger partial charge in [0.2, 0.25) is 0 Å². The molecule has 1 rings (SSSR count). The van der Waals surface area contributed by atoms with E-state index in [1.54, 1.807) is 26.8 Å². The number of ether oxygens (including phenoxy) is 1. The van der Waals surface area contributed by atoms with Gasteiger partial charge in [-0.1, -0.05) is 6.08 Å². The van der Waals surface area contributed by atoms with Crippen LogP contribution in [-0.4, -0.2) is 17.4 Å². The molecule has 0 atom stereocenters. The molecule has 13 heavy (non-hydrogen) atoms. The molecule has 0 aliphatic heterocycles. The highest BCUT2D eigenvalue weighted by molar-refractivity contribution is 6.18. The first kappa shape index (κ1) is 9.96. The molecular weight excluding hydrogens is 168 g/mol. The van der Waals surface area contributed by atoms with Crippen LogP contribution in [0.25, 0.3) is 0 Å². The minimum absolute atomic E-state index is 0.103. The fraction of sp³-hybridized carbons (Fsp3) is 0.600. The summed E-state index contributed by atoms with van der Waals surface area (Å²) in [5, 5.41) is 0. The molecule has 0 aromatic rings. The Morgan fingerprint density at radius 2 is 2.08 bits per heavy atom. The van der Waals surface area contributed by atoms with Crippen LogP contribution in [0.5, 0.6) is 0 Å². The predicted octanol–water partition coefficient (Wildman–Crippen LogP) is 1.62. The van der Waals surface area contributed by atoms with Crippen LogP contribution in [0.1, 0.15) is 33.6 Å². The summed E-state index contributed by atoms with van der Waals surface area (Å²) in [6.07, 6.45) is 2.75. The molecule has 0 aromatic heterocycles. The zero-order valence-corrected chi connectivity index (χ0v) is 8.22. The first-order valence-corrected chi connectivity index (χ1v) is 4.37. The van der Waals surface area contributed by atoms with Crippen LogP contribution in [0.4, 0.5) is 0 Å². The van der Waals surface area contributed by atoms with Crippen molar-refractivity contribution in [3.8, 4) is 0 Å². The SMILES string of the molecule is CC(C)(C)OC(=O)C1=CCCC1=O. The molecule has 0 saturated heterocycles. The lowest BCUT2D eigenvalue weighted by atomic mass is 10.1. The number of carbonyl (C=O) groups is 2. The van der Waals surface area contributed by atoms with Gasteiger partial charge in [-0.3, -0.25) is 4.79 Å². The molecule has 0 bridgehead atoms. The summed E-state index contributed by atoms with van der Waals surface area (Å²) in [5.74, 6) is -0.593. The van der Waals surface area contributed by atoms with E-state index in [0.29, 0.717) is 12.8 Å². The molecular formula is C10H14O3. The van der Waals surface area contributed by atoms with Crippen molar-refractivity contribution in [1.29, 1.82) is 0 Å². The molecule has 0 fully saturated rings. The number of carbonyl (C=O) groups excluding carboxylic acids is 2. The Morgan fingerprint density at radius 1 is 1.46 bits per heavy atom. The molecule has 1 aliphatic rings. The maximum atomic E-state index is 11.4. The third kappa shape index (κ3) is 2.68. The lowest BCUT2D eigenvalue weighted by Crippen LogP contribution is -2.26. The van der Waals surface area contributed by atoms with Crippen molar-refractivity contribution in [2.75, 3.05) is 0 Å². The molecule has 3 nitrogen and oxygen atoms in total. The van der Waals surface area contributed by atoms with Crippen LogP contribution in [0.2, 0.25) is 0 Å². The Morgan fingerprint density at radius 3 is 2.46 bits per heavy atom. The van der Waals surface area contributed by atoms with Crippen LogP contribution in [0, 0.1) is 0 Å². The van der Waals surface area contributed by atoms with Crippen LogP contribution in [-0.2, 0) is 14.3 Å². The van der Waals surface area contributed by atoms with Crippen LogP contribution in [0.3, 0.4) is 0 Å². The summed E-state index contributed by atoms with van der Waals surface area (Å²) >= 11 is 0. The predicted molar refractivity (Wildman–Crippen MR) is 48.2 cm³/mol. The van der Waals surface area contributed by atoms with Crippen molar-refractivity contribution in [3.63, 3.8) is 0 Å². The van der Waals surface area contributed by atoms with Crippen LogP contribution < -0.4 is 0 Å². The Hall–Kier alpha value is -1.12. The third-order valence-corrected chi connectivity index (χ3v) is 1.64. The number of hydrogen-bond donors (Lipinski definition) is 0. The molecule has 0 spiro atoms. The van der Waals surface area contributed by atoms with E-state index in [4.69, 9.17) is 4.74 Å². The van der Waals surface area contributed by atoms with E-state index in [-0.39, 0.29) is 11.4 Å². The zero-order chi connectivity index (χ0) is 10.1. The molecule has 0 heterocycles. The van der Waals surface area contributed by atoms with Gasteiger partial charge >= 0.3 is 5.97 Å². The summed E-state index contributed by atoms with van der Waals surface area (Å²) in [4.78, 5) is 22.5. The van der Waals surface area contributed by atoms with Crippen molar-refractivity contribution in [1.82, 2.24) is 0 Å². The molecule has 0 radical (unpaired) electrons. The second-order valence-electron chi connectivity index (χ2n) is 4.08. The molecule has 1 aliphatic carbocycles. The number of hydrogen-bond acceptors (Lipinski definition) is 3. The van der Waals surface area contributed by atoms with Crippen molar-refractivity contribution in [2.45, 2.75) is 39.2 Å². The molecule has 72 valence electrons. The summed E-state index contributed by atoms with van der Waals surface area (Å²) < 4.78 is 5.06. The number of Topliss-reactive ketones (excluding diaryl/α,β-unsaturated/α-hetero) is 1. The topological polar surface area (TPSA) is 43.4 Å². The van der Waals surface area contributed by atoms with Crippen LogP contribution in [0.15, 0.2) is 11.6 Å². The first-order chi connectivity index (χ1) is 5.90. The van der Waals surface area contributed by atoms with Gasteiger partial charge in [-0.05, 0) is 27.2 Å². The quantitative estimate of drug-likeness (QED) is 0.457. The van der Waals surface area contributed by atoms with Gasteiger partial charge in [-0.25, -0.2) is 4.79 Å². The Kier molecular flexibility index (Phi) is 2.55. The first-order valence-electron chi connectivity index (χ1n) is 4.37. The highest BCUT2D eigenvalue weighted by Crippen LogP contribution is 2.18. The van der Waals surface area contributed by atoms with Gasteiger partial charge in [0.05, 0.1) is 5.57 Å². The van der Waals surface area contributed by atoms with Crippen molar-refractivity contribution >= 4 is 11.8 Å². The average molecular weight is 182 g/mol. The summed E-state index contributed by atoms with van der Waals surface area (Å²) in [5.41, 5.74) is -0.309. The number of ketones is 1. The van der Waals surface area contributed by atoms with Gasteiger partial charge in [-0.2, -0.15) is 0 Å². The van der Waals surface area contributed by atoms with Gasteiger partial charge < -0.3 is 4.74 Å². The number of esters is 1. The van der Waals surface area contributed by atoms with Gasteiger partial charge in [0, 0.05) is 6.42 Å². The van der Waals surface area contributed by atoms with Crippen molar-refractivity contribution in [3.05, 3.63) is 11.6 Å². The second-order valence-corrected chi connectivity index (χ2v) is 4.08. The maximum Gasteiger partial charge on any atom is 0.341 e. The molecule has 0 N–H and O–H groups in total. The Bertz CT molecular complexity index is 268. The molecule has 0 aromatic carbocycles. The Balaban J connectivity index is 2.64. The monoisotopic (exact) mass is 182 g/mol. The lowest BCUT2D eigenvalue weighted by Gasteiger charge is -2.19. The average Bonchev–Trinajstić information content (AvgIpc) is 2.30. The second kappa shape index (κ2) is 3.32. The minimum Gasteiger partial charge on any atom is -0.456 e. The van der Waals surface area contributed by atoms with E-state index in [1.807, 2.05) is 0 Å². The molecule has 0 unspecified atom stereocenters. The van der Waals surface area contributed by atoms with Gasteiger partial charge in [0.15, 0.2) is 5.78 Å². The maximum absolute atomic E-state index is 11.4. The van der Waals surface area contributed by atoms with E-state index in [9.17, 15) is 9.59 Å². The largest absolute Gasteiger partial charge is 0.456 e. The van der Waals surface area contributed by atoms with Crippen molar-refractivity contribution in [2.24, 2.45) is 0 Å². The van der Waals surface area contributed by atoms with E-state index >= 15 is 0 Å². The van der Waals surface area contributed by atoms with E-state index in [1.165, 1.54) is 0 Å². The Labute approximate surface area is 77.8 Å². The third-order valence-electron chi connectivity index (χ3n) is 1.64. The summed E-state index contributed by atoms with van der Waals surface area (Å²) in [6, 6.07) is 0. The standard InChI is InChI=1S/C10H14O3/c1-10(2,3)13-9(12)7-5-4-6-8(7)11/h5H,4,6H2,1-3H3. The molecule has 3 heteroatoms. The molecule has 0 saturated carbocycles. The number of rotatable bonds is 1. The highest BCUT2D eigenvalue weighted by Gasteiger charge is 2.26. The van der Waals surface area contributed by atoms with Crippen molar-refractivity contribution < 1.29 is 14.3 Å². The highest BCUT2D eigenvalue weighted by atomic mass is 16.6. The summed E-state index contributed by atoms with van der Waals surface area (Å²) in [6.45, 7) is 5.35.